The van der Waals surface area contributed by atoms with E-state index in [-0.39, 0.29) is 0 Å². The molecule has 3 N–H and O–H groups in total. The summed E-state index contributed by atoms with van der Waals surface area (Å²) in [6.07, 6.45) is 1.97. The number of sulfonamides is 1. The fraction of sp³-hybridized carbons (Fsp3) is 0.636. The standard InChI is InChI=1S/C11H20N2O2S2/c1-3-9(4-2)8-13-17(14,15)11-6-5-10(7-12)16-11/h5-6,9,13H,3-4,7-8,12H2,1-2H3. The quantitative estimate of drug-likeness (QED) is 0.799. The lowest BCUT2D eigenvalue weighted by molar-refractivity contribution is 0.479. The second-order valence-corrected chi connectivity index (χ2v) is 7.12. The number of thiophene rings is 1. The van der Waals surface area contributed by atoms with Crippen LogP contribution in [-0.4, -0.2) is 15.0 Å². The molecule has 1 heterocycles. The van der Waals surface area contributed by atoms with Gasteiger partial charge < -0.3 is 5.73 Å². The van der Waals surface area contributed by atoms with Crippen molar-refractivity contribution in [2.24, 2.45) is 11.7 Å². The summed E-state index contributed by atoms with van der Waals surface area (Å²) in [5, 5.41) is 0. The molecule has 1 rings (SSSR count). The first kappa shape index (κ1) is 14.6. The molecule has 0 unspecified atom stereocenters. The first-order valence-corrected chi connectivity index (χ1v) is 8.11. The van der Waals surface area contributed by atoms with Crippen LogP contribution in [0.15, 0.2) is 16.3 Å². The van der Waals surface area contributed by atoms with Gasteiger partial charge in [0, 0.05) is 18.0 Å². The summed E-state index contributed by atoms with van der Waals surface area (Å²) in [5.41, 5.74) is 5.47. The van der Waals surface area contributed by atoms with Gasteiger partial charge >= 0.3 is 0 Å². The minimum absolute atomic E-state index is 0.351. The molecule has 98 valence electrons. The van der Waals surface area contributed by atoms with Crippen molar-refractivity contribution in [2.45, 2.75) is 37.4 Å². The van der Waals surface area contributed by atoms with Gasteiger partial charge in [0.15, 0.2) is 0 Å². The number of hydrogen-bond donors (Lipinski definition) is 2. The minimum Gasteiger partial charge on any atom is -0.326 e. The van der Waals surface area contributed by atoms with E-state index >= 15 is 0 Å². The van der Waals surface area contributed by atoms with E-state index < -0.39 is 10.0 Å². The van der Waals surface area contributed by atoms with E-state index in [0.29, 0.717) is 23.2 Å². The van der Waals surface area contributed by atoms with E-state index in [9.17, 15) is 8.42 Å². The Kier molecular flexibility index (Phi) is 5.58. The average molecular weight is 276 g/mol. The zero-order chi connectivity index (χ0) is 12.9. The topological polar surface area (TPSA) is 72.2 Å². The molecule has 1 aromatic rings. The lowest BCUT2D eigenvalue weighted by Gasteiger charge is -2.12. The van der Waals surface area contributed by atoms with E-state index in [1.54, 1.807) is 12.1 Å². The number of nitrogens with two attached hydrogens (primary N) is 1. The van der Waals surface area contributed by atoms with Crippen molar-refractivity contribution in [2.75, 3.05) is 6.54 Å². The third-order valence-electron chi connectivity index (χ3n) is 2.82. The molecule has 0 bridgehead atoms. The molecule has 0 spiro atoms. The largest absolute Gasteiger partial charge is 0.326 e. The SMILES string of the molecule is CCC(CC)CNS(=O)(=O)c1ccc(CN)s1. The molecule has 0 aromatic carbocycles. The summed E-state index contributed by atoms with van der Waals surface area (Å²) >= 11 is 1.23. The minimum atomic E-state index is -3.35. The van der Waals surface area contributed by atoms with Crippen LogP contribution in [0.1, 0.15) is 31.6 Å². The first-order valence-electron chi connectivity index (χ1n) is 5.81. The van der Waals surface area contributed by atoms with Crippen molar-refractivity contribution >= 4 is 21.4 Å². The summed E-state index contributed by atoms with van der Waals surface area (Å²) in [6, 6.07) is 3.37. The predicted octanol–water partition coefficient (Wildman–Crippen LogP) is 1.92. The van der Waals surface area contributed by atoms with Crippen molar-refractivity contribution in [1.29, 1.82) is 0 Å². The molecule has 17 heavy (non-hydrogen) atoms. The van der Waals surface area contributed by atoms with Gasteiger partial charge in [-0.25, -0.2) is 13.1 Å². The normalized spacial score (nSPS) is 12.2. The summed E-state index contributed by atoms with van der Waals surface area (Å²) in [7, 11) is -3.35. The van der Waals surface area contributed by atoms with Crippen LogP contribution in [0, 0.1) is 5.92 Å². The Morgan fingerprint density at radius 1 is 1.35 bits per heavy atom. The number of rotatable bonds is 7. The Hall–Kier alpha value is -0.430. The number of hydrogen-bond acceptors (Lipinski definition) is 4. The van der Waals surface area contributed by atoms with Gasteiger partial charge in [-0.1, -0.05) is 26.7 Å². The summed E-state index contributed by atoms with van der Waals surface area (Å²) in [6.45, 7) is 5.03. The summed E-state index contributed by atoms with van der Waals surface area (Å²) in [5.74, 6) is 0.402. The molecule has 0 radical (unpaired) electrons. The highest BCUT2D eigenvalue weighted by atomic mass is 32.2. The monoisotopic (exact) mass is 276 g/mol. The van der Waals surface area contributed by atoms with Crippen LogP contribution in [0.4, 0.5) is 0 Å². The zero-order valence-electron chi connectivity index (χ0n) is 10.3. The van der Waals surface area contributed by atoms with Crippen LogP contribution in [0.2, 0.25) is 0 Å². The fourth-order valence-electron chi connectivity index (χ4n) is 1.49. The lowest BCUT2D eigenvalue weighted by Crippen LogP contribution is -2.28. The van der Waals surface area contributed by atoms with Crippen LogP contribution < -0.4 is 10.5 Å². The van der Waals surface area contributed by atoms with Crippen molar-refractivity contribution in [1.82, 2.24) is 4.72 Å². The molecule has 0 aliphatic heterocycles. The van der Waals surface area contributed by atoms with Crippen LogP contribution in [0.25, 0.3) is 0 Å². The molecule has 0 aliphatic carbocycles. The Labute approximate surface area is 107 Å². The highest BCUT2D eigenvalue weighted by molar-refractivity contribution is 7.91. The molecule has 0 saturated heterocycles. The third-order valence-corrected chi connectivity index (χ3v) is 5.84. The van der Waals surface area contributed by atoms with E-state index in [0.717, 1.165) is 17.7 Å². The van der Waals surface area contributed by atoms with Crippen molar-refractivity contribution in [3.63, 3.8) is 0 Å². The predicted molar refractivity (Wildman–Crippen MR) is 71.5 cm³/mol. The van der Waals surface area contributed by atoms with E-state index in [4.69, 9.17) is 5.73 Å². The molecular formula is C11H20N2O2S2. The van der Waals surface area contributed by atoms with Crippen LogP contribution in [0.3, 0.4) is 0 Å². The zero-order valence-corrected chi connectivity index (χ0v) is 11.9. The second kappa shape index (κ2) is 6.49. The van der Waals surface area contributed by atoms with Crippen LogP contribution >= 0.6 is 11.3 Å². The fourth-order valence-corrected chi connectivity index (χ4v) is 3.88. The van der Waals surface area contributed by atoms with Gasteiger partial charge in [0.1, 0.15) is 4.21 Å². The molecule has 6 heteroatoms. The third kappa shape index (κ3) is 4.06. The highest BCUT2D eigenvalue weighted by Gasteiger charge is 2.17. The molecule has 0 aliphatic rings. The van der Waals surface area contributed by atoms with Gasteiger partial charge in [-0.3, -0.25) is 0 Å². The van der Waals surface area contributed by atoms with E-state index in [1.807, 2.05) is 0 Å². The van der Waals surface area contributed by atoms with Crippen LogP contribution in [0.5, 0.6) is 0 Å². The smallest absolute Gasteiger partial charge is 0.250 e. The average Bonchev–Trinajstić information content (AvgIpc) is 2.79. The Morgan fingerprint density at radius 2 is 2.00 bits per heavy atom. The van der Waals surface area contributed by atoms with Crippen molar-refractivity contribution < 1.29 is 8.42 Å². The van der Waals surface area contributed by atoms with E-state index in [2.05, 4.69) is 18.6 Å². The Balaban J connectivity index is 2.68. The maximum absolute atomic E-state index is 12.0. The van der Waals surface area contributed by atoms with Crippen molar-refractivity contribution in [3.05, 3.63) is 17.0 Å². The summed E-state index contributed by atoms with van der Waals surface area (Å²) in [4.78, 5) is 0.882. The van der Waals surface area contributed by atoms with Gasteiger partial charge in [0.05, 0.1) is 0 Å². The molecule has 1 aromatic heterocycles. The summed E-state index contributed by atoms with van der Waals surface area (Å²) < 4.78 is 26.9. The Bertz CT molecular complexity index is 436. The molecule has 0 atom stereocenters. The Morgan fingerprint density at radius 3 is 2.47 bits per heavy atom. The van der Waals surface area contributed by atoms with Gasteiger partial charge in [0.2, 0.25) is 10.0 Å². The second-order valence-electron chi connectivity index (χ2n) is 3.96. The van der Waals surface area contributed by atoms with Crippen LogP contribution in [-0.2, 0) is 16.6 Å². The molecule has 4 nitrogen and oxygen atoms in total. The highest BCUT2D eigenvalue weighted by Crippen LogP contribution is 2.21. The maximum atomic E-state index is 12.0. The number of nitrogens with one attached hydrogen (secondary N) is 1. The van der Waals surface area contributed by atoms with Gasteiger partial charge in [-0.05, 0) is 18.1 Å². The van der Waals surface area contributed by atoms with Gasteiger partial charge in [0.25, 0.3) is 0 Å². The van der Waals surface area contributed by atoms with E-state index in [1.165, 1.54) is 11.3 Å². The van der Waals surface area contributed by atoms with Gasteiger partial charge in [-0.2, -0.15) is 0 Å². The molecular weight excluding hydrogens is 256 g/mol. The molecule has 0 saturated carbocycles. The maximum Gasteiger partial charge on any atom is 0.250 e. The van der Waals surface area contributed by atoms with Gasteiger partial charge in [-0.15, -0.1) is 11.3 Å². The lowest BCUT2D eigenvalue weighted by atomic mass is 10.0. The molecule has 0 amide bonds. The van der Waals surface area contributed by atoms with Crippen molar-refractivity contribution in [3.8, 4) is 0 Å². The first-order chi connectivity index (χ1) is 8.03. The molecule has 0 fully saturated rings.